The molecule has 0 aliphatic heterocycles. The largest absolute Gasteiger partial charge is 0.416 e. The van der Waals surface area contributed by atoms with Crippen molar-refractivity contribution in [1.29, 1.82) is 0 Å². The van der Waals surface area contributed by atoms with Gasteiger partial charge in [0.1, 0.15) is 0 Å². The molecular formula is C14H10F3NO. The van der Waals surface area contributed by atoms with Crippen LogP contribution in [0.2, 0.25) is 0 Å². The summed E-state index contributed by atoms with van der Waals surface area (Å²) in [5, 5.41) is 0. The van der Waals surface area contributed by atoms with Crippen LogP contribution in [0.3, 0.4) is 0 Å². The van der Waals surface area contributed by atoms with E-state index in [9.17, 15) is 18.0 Å². The number of pyridine rings is 1. The van der Waals surface area contributed by atoms with Crippen molar-refractivity contribution in [3.8, 4) is 0 Å². The highest BCUT2D eigenvalue weighted by Gasteiger charge is 2.32. The molecular weight excluding hydrogens is 255 g/mol. The predicted molar refractivity (Wildman–Crippen MR) is 63.9 cm³/mol. The quantitative estimate of drug-likeness (QED) is 0.776. The van der Waals surface area contributed by atoms with Crippen LogP contribution in [0.4, 0.5) is 13.2 Å². The van der Waals surface area contributed by atoms with Crippen molar-refractivity contribution in [1.82, 2.24) is 4.98 Å². The Kier molecular flexibility index (Phi) is 3.38. The fourth-order valence-electron chi connectivity index (χ4n) is 1.79. The van der Waals surface area contributed by atoms with Crippen LogP contribution in [0, 0.1) is 6.92 Å². The van der Waals surface area contributed by atoms with Crippen LogP contribution in [0.5, 0.6) is 0 Å². The molecule has 0 unspecified atom stereocenters. The van der Waals surface area contributed by atoms with Crippen molar-refractivity contribution in [2.24, 2.45) is 0 Å². The highest BCUT2D eigenvalue weighted by molar-refractivity contribution is 6.08. The molecule has 1 aromatic carbocycles. The topological polar surface area (TPSA) is 30.0 Å². The van der Waals surface area contributed by atoms with E-state index in [1.807, 2.05) is 0 Å². The number of hydrogen-bond acceptors (Lipinski definition) is 2. The molecule has 0 N–H and O–H groups in total. The molecule has 0 radical (unpaired) electrons. The molecule has 0 spiro atoms. The number of nitrogens with zero attached hydrogens (tertiary/aromatic N) is 1. The average molecular weight is 265 g/mol. The maximum absolute atomic E-state index is 12.6. The van der Waals surface area contributed by atoms with Gasteiger partial charge in [0.2, 0.25) is 0 Å². The first-order valence-corrected chi connectivity index (χ1v) is 5.52. The molecule has 0 saturated carbocycles. The highest BCUT2D eigenvalue weighted by atomic mass is 19.4. The Morgan fingerprint density at radius 1 is 1.16 bits per heavy atom. The third-order valence-corrected chi connectivity index (χ3v) is 2.72. The number of aryl methyl sites for hydroxylation is 1. The van der Waals surface area contributed by atoms with Gasteiger partial charge in [0.05, 0.1) is 5.56 Å². The van der Waals surface area contributed by atoms with Gasteiger partial charge >= 0.3 is 6.18 Å². The summed E-state index contributed by atoms with van der Waals surface area (Å²) < 4.78 is 37.8. The van der Waals surface area contributed by atoms with Crippen molar-refractivity contribution in [3.63, 3.8) is 0 Å². The van der Waals surface area contributed by atoms with E-state index in [-0.39, 0.29) is 16.9 Å². The number of halogens is 3. The molecule has 0 aliphatic carbocycles. The SMILES string of the molecule is Cc1cc(C(=O)c2cccnc2)ccc1C(F)(F)F. The summed E-state index contributed by atoms with van der Waals surface area (Å²) in [5.41, 5.74) is -0.127. The molecule has 19 heavy (non-hydrogen) atoms. The van der Waals surface area contributed by atoms with Gasteiger partial charge in [0, 0.05) is 23.5 Å². The monoisotopic (exact) mass is 265 g/mol. The minimum atomic E-state index is -4.40. The van der Waals surface area contributed by atoms with Crippen molar-refractivity contribution >= 4 is 5.78 Å². The maximum atomic E-state index is 12.6. The van der Waals surface area contributed by atoms with Gasteiger partial charge in [-0.15, -0.1) is 0 Å². The highest BCUT2D eigenvalue weighted by Crippen LogP contribution is 2.32. The molecule has 98 valence electrons. The second kappa shape index (κ2) is 4.84. The zero-order valence-corrected chi connectivity index (χ0v) is 10.0. The van der Waals surface area contributed by atoms with Gasteiger partial charge in [-0.2, -0.15) is 13.2 Å². The summed E-state index contributed by atoms with van der Waals surface area (Å²) >= 11 is 0. The molecule has 1 aromatic heterocycles. The molecule has 0 amide bonds. The van der Waals surface area contributed by atoms with Crippen molar-refractivity contribution < 1.29 is 18.0 Å². The van der Waals surface area contributed by atoms with Crippen LogP contribution in [0.25, 0.3) is 0 Å². The Bertz CT molecular complexity index is 606. The lowest BCUT2D eigenvalue weighted by Gasteiger charge is -2.11. The van der Waals surface area contributed by atoms with E-state index in [0.29, 0.717) is 5.56 Å². The van der Waals surface area contributed by atoms with Crippen LogP contribution in [-0.2, 0) is 6.18 Å². The van der Waals surface area contributed by atoms with Gasteiger partial charge in [0.15, 0.2) is 5.78 Å². The second-order valence-electron chi connectivity index (χ2n) is 4.10. The molecule has 2 rings (SSSR count). The number of carbonyl (C=O) groups excluding carboxylic acids is 1. The number of ketones is 1. The number of aromatic nitrogens is 1. The van der Waals surface area contributed by atoms with Crippen LogP contribution < -0.4 is 0 Å². The fraction of sp³-hybridized carbons (Fsp3) is 0.143. The minimum Gasteiger partial charge on any atom is -0.289 e. The first-order chi connectivity index (χ1) is 8.89. The minimum absolute atomic E-state index is 0.0299. The summed E-state index contributed by atoms with van der Waals surface area (Å²) in [6.07, 6.45) is -1.50. The van der Waals surface area contributed by atoms with Crippen LogP contribution in [0.1, 0.15) is 27.0 Å². The number of rotatable bonds is 2. The Balaban J connectivity index is 2.38. The zero-order valence-electron chi connectivity index (χ0n) is 10.0. The van der Waals surface area contributed by atoms with Crippen LogP contribution in [0.15, 0.2) is 42.7 Å². The van der Waals surface area contributed by atoms with E-state index in [2.05, 4.69) is 4.98 Å². The molecule has 5 heteroatoms. The lowest BCUT2D eigenvalue weighted by Crippen LogP contribution is -2.09. The standard InChI is InChI=1S/C14H10F3NO/c1-9-7-10(4-5-12(9)14(15,16)17)13(19)11-3-2-6-18-8-11/h2-8H,1H3. The molecule has 0 bridgehead atoms. The van der Waals surface area contributed by atoms with Crippen molar-refractivity contribution in [2.45, 2.75) is 13.1 Å². The normalized spacial score (nSPS) is 11.4. The van der Waals surface area contributed by atoms with Crippen molar-refractivity contribution in [2.75, 3.05) is 0 Å². The first-order valence-electron chi connectivity index (χ1n) is 5.52. The third-order valence-electron chi connectivity index (χ3n) is 2.72. The predicted octanol–water partition coefficient (Wildman–Crippen LogP) is 3.64. The number of carbonyl (C=O) groups is 1. The molecule has 0 aliphatic rings. The van der Waals surface area contributed by atoms with E-state index in [4.69, 9.17) is 0 Å². The maximum Gasteiger partial charge on any atom is 0.416 e. The molecule has 0 atom stereocenters. The van der Waals surface area contributed by atoms with E-state index in [1.165, 1.54) is 31.5 Å². The average Bonchev–Trinajstić information content (AvgIpc) is 2.37. The second-order valence-corrected chi connectivity index (χ2v) is 4.10. The third kappa shape index (κ3) is 2.81. The summed E-state index contributed by atoms with van der Waals surface area (Å²) in [5.74, 6) is -0.343. The number of hydrogen-bond donors (Lipinski definition) is 0. The lowest BCUT2D eigenvalue weighted by atomic mass is 9.99. The van der Waals surface area contributed by atoms with E-state index >= 15 is 0 Å². The molecule has 0 fully saturated rings. The molecule has 1 heterocycles. The Labute approximate surface area is 107 Å². The summed E-state index contributed by atoms with van der Waals surface area (Å²) in [7, 11) is 0. The van der Waals surface area contributed by atoms with Crippen LogP contribution in [-0.4, -0.2) is 10.8 Å². The van der Waals surface area contributed by atoms with Gasteiger partial charge in [-0.05, 0) is 36.8 Å². The van der Waals surface area contributed by atoms with Crippen molar-refractivity contribution in [3.05, 3.63) is 65.0 Å². The smallest absolute Gasteiger partial charge is 0.289 e. The Hall–Kier alpha value is -2.17. The molecule has 2 nitrogen and oxygen atoms in total. The van der Waals surface area contributed by atoms with E-state index in [1.54, 1.807) is 12.1 Å². The van der Waals surface area contributed by atoms with E-state index < -0.39 is 11.7 Å². The fourth-order valence-corrected chi connectivity index (χ4v) is 1.79. The number of benzene rings is 1. The lowest BCUT2D eigenvalue weighted by molar-refractivity contribution is -0.138. The summed E-state index contributed by atoms with van der Waals surface area (Å²) in [6.45, 7) is 1.34. The first kappa shape index (κ1) is 13.3. The van der Waals surface area contributed by atoms with Gasteiger partial charge in [-0.3, -0.25) is 9.78 Å². The van der Waals surface area contributed by atoms with Gasteiger partial charge in [-0.25, -0.2) is 0 Å². The Morgan fingerprint density at radius 2 is 1.89 bits per heavy atom. The summed E-state index contributed by atoms with van der Waals surface area (Å²) in [6, 6.07) is 6.54. The number of alkyl halides is 3. The van der Waals surface area contributed by atoms with Gasteiger partial charge in [-0.1, -0.05) is 6.07 Å². The van der Waals surface area contributed by atoms with Gasteiger partial charge in [0.25, 0.3) is 0 Å². The Morgan fingerprint density at radius 3 is 2.42 bits per heavy atom. The van der Waals surface area contributed by atoms with Gasteiger partial charge < -0.3 is 0 Å². The molecule has 2 aromatic rings. The zero-order chi connectivity index (χ0) is 14.0. The van der Waals surface area contributed by atoms with Crippen LogP contribution >= 0.6 is 0 Å². The summed E-state index contributed by atoms with van der Waals surface area (Å²) in [4.78, 5) is 15.8. The van der Waals surface area contributed by atoms with E-state index in [0.717, 1.165) is 6.07 Å². The molecule has 0 saturated heterocycles.